The normalized spacial score (nSPS) is 12.2. The van der Waals surface area contributed by atoms with Gasteiger partial charge in [0.25, 0.3) is 0 Å². The van der Waals surface area contributed by atoms with E-state index in [-0.39, 0.29) is 11.9 Å². The smallest absolute Gasteiger partial charge is 0.123 e. The second-order valence-electron chi connectivity index (χ2n) is 4.98. The van der Waals surface area contributed by atoms with Crippen molar-refractivity contribution < 1.29 is 4.39 Å². The lowest BCUT2D eigenvalue weighted by atomic mass is 10.1. The molecule has 2 aromatic rings. The van der Waals surface area contributed by atoms with Crippen LogP contribution in [0.15, 0.2) is 46.9 Å². The maximum atomic E-state index is 13.2. The van der Waals surface area contributed by atoms with Crippen molar-refractivity contribution in [1.29, 1.82) is 0 Å². The summed E-state index contributed by atoms with van der Waals surface area (Å²) in [4.78, 5) is 2.07. The van der Waals surface area contributed by atoms with Gasteiger partial charge in [0, 0.05) is 29.8 Å². The molecule has 0 aromatic heterocycles. The van der Waals surface area contributed by atoms with Crippen molar-refractivity contribution in [2.24, 2.45) is 5.73 Å². The Kier molecular flexibility index (Phi) is 4.78. The minimum atomic E-state index is -0.204. The van der Waals surface area contributed by atoms with E-state index in [4.69, 9.17) is 5.73 Å². The maximum absolute atomic E-state index is 13.2. The van der Waals surface area contributed by atoms with E-state index >= 15 is 0 Å². The highest BCUT2D eigenvalue weighted by atomic mass is 79.9. The van der Waals surface area contributed by atoms with Crippen molar-refractivity contribution in [2.45, 2.75) is 19.5 Å². The summed E-state index contributed by atoms with van der Waals surface area (Å²) in [5.41, 5.74) is 8.98. The average Bonchev–Trinajstić information content (AvgIpc) is 2.38. The van der Waals surface area contributed by atoms with Gasteiger partial charge < -0.3 is 10.6 Å². The van der Waals surface area contributed by atoms with Gasteiger partial charge >= 0.3 is 0 Å². The Morgan fingerprint density at radius 3 is 2.60 bits per heavy atom. The third-order valence-corrected chi connectivity index (χ3v) is 3.91. The second-order valence-corrected chi connectivity index (χ2v) is 5.83. The molecule has 2 nitrogen and oxygen atoms in total. The molecule has 0 aliphatic heterocycles. The van der Waals surface area contributed by atoms with Crippen LogP contribution in [-0.4, -0.2) is 7.05 Å². The molecule has 0 spiro atoms. The third-order valence-electron chi connectivity index (χ3n) is 3.22. The molecule has 106 valence electrons. The third kappa shape index (κ3) is 3.58. The SMILES string of the molecule is C[C@@H](N)c1ccc(N(C)Cc2cccc(F)c2)cc1Br. The molecule has 0 fully saturated rings. The summed E-state index contributed by atoms with van der Waals surface area (Å²) in [6, 6.07) is 12.7. The Morgan fingerprint density at radius 2 is 2.00 bits per heavy atom. The van der Waals surface area contributed by atoms with Crippen LogP contribution in [0.3, 0.4) is 0 Å². The highest BCUT2D eigenvalue weighted by molar-refractivity contribution is 9.10. The van der Waals surface area contributed by atoms with Crippen LogP contribution in [0, 0.1) is 5.82 Å². The van der Waals surface area contributed by atoms with Gasteiger partial charge in [-0.2, -0.15) is 0 Å². The Balaban J connectivity index is 2.17. The van der Waals surface area contributed by atoms with Crippen molar-refractivity contribution in [1.82, 2.24) is 0 Å². The summed E-state index contributed by atoms with van der Waals surface area (Å²) < 4.78 is 14.2. The molecule has 20 heavy (non-hydrogen) atoms. The quantitative estimate of drug-likeness (QED) is 0.904. The Bertz CT molecular complexity index is 599. The van der Waals surface area contributed by atoms with E-state index in [1.807, 2.05) is 38.2 Å². The number of hydrogen-bond acceptors (Lipinski definition) is 2. The molecule has 0 bridgehead atoms. The second kappa shape index (κ2) is 6.37. The predicted molar refractivity (Wildman–Crippen MR) is 85.3 cm³/mol. The number of rotatable bonds is 4. The van der Waals surface area contributed by atoms with Gasteiger partial charge in [-0.3, -0.25) is 0 Å². The van der Waals surface area contributed by atoms with Gasteiger partial charge in [-0.1, -0.05) is 34.1 Å². The lowest BCUT2D eigenvalue weighted by molar-refractivity contribution is 0.625. The first-order valence-electron chi connectivity index (χ1n) is 6.48. The van der Waals surface area contributed by atoms with Crippen molar-refractivity contribution in [2.75, 3.05) is 11.9 Å². The van der Waals surface area contributed by atoms with Crippen LogP contribution < -0.4 is 10.6 Å². The van der Waals surface area contributed by atoms with Crippen LogP contribution in [-0.2, 0) is 6.54 Å². The molecule has 1 atom stereocenters. The van der Waals surface area contributed by atoms with E-state index in [0.717, 1.165) is 21.3 Å². The Labute approximate surface area is 127 Å². The van der Waals surface area contributed by atoms with E-state index in [0.29, 0.717) is 6.54 Å². The van der Waals surface area contributed by atoms with Crippen LogP contribution in [0.25, 0.3) is 0 Å². The fraction of sp³-hybridized carbons (Fsp3) is 0.250. The zero-order valence-corrected chi connectivity index (χ0v) is 13.2. The molecule has 2 aromatic carbocycles. The summed E-state index contributed by atoms with van der Waals surface area (Å²) in [6.45, 7) is 2.61. The first-order valence-corrected chi connectivity index (χ1v) is 7.27. The summed E-state index contributed by atoms with van der Waals surface area (Å²) in [6.07, 6.45) is 0. The van der Waals surface area contributed by atoms with Gasteiger partial charge in [0.2, 0.25) is 0 Å². The van der Waals surface area contributed by atoms with Gasteiger partial charge in [0.05, 0.1) is 0 Å². The first-order chi connectivity index (χ1) is 9.47. The fourth-order valence-corrected chi connectivity index (χ4v) is 2.85. The summed E-state index contributed by atoms with van der Waals surface area (Å²) >= 11 is 3.55. The predicted octanol–water partition coefficient (Wildman–Crippen LogP) is 4.24. The van der Waals surface area contributed by atoms with Crippen LogP contribution in [0.4, 0.5) is 10.1 Å². The molecule has 0 amide bonds. The summed E-state index contributed by atoms with van der Waals surface area (Å²) in [5.74, 6) is -0.204. The standard InChI is InChI=1S/C16H18BrFN2/c1-11(19)15-7-6-14(9-16(15)17)20(2)10-12-4-3-5-13(18)8-12/h3-9,11H,10,19H2,1-2H3/t11-/m1/s1. The largest absolute Gasteiger partial charge is 0.370 e. The Hall–Kier alpha value is -1.39. The van der Waals surface area contributed by atoms with E-state index in [9.17, 15) is 4.39 Å². The maximum Gasteiger partial charge on any atom is 0.123 e. The molecule has 0 aliphatic carbocycles. The lowest BCUT2D eigenvalue weighted by Crippen LogP contribution is -2.17. The highest BCUT2D eigenvalue weighted by Gasteiger charge is 2.08. The van der Waals surface area contributed by atoms with Gasteiger partial charge in [-0.15, -0.1) is 0 Å². The topological polar surface area (TPSA) is 29.3 Å². The van der Waals surface area contributed by atoms with Gasteiger partial charge in [-0.25, -0.2) is 4.39 Å². The zero-order chi connectivity index (χ0) is 14.7. The average molecular weight is 337 g/mol. The summed E-state index contributed by atoms with van der Waals surface area (Å²) in [7, 11) is 1.98. The van der Waals surface area contributed by atoms with Crippen molar-refractivity contribution in [3.63, 3.8) is 0 Å². The monoisotopic (exact) mass is 336 g/mol. The minimum Gasteiger partial charge on any atom is -0.370 e. The molecule has 2 N–H and O–H groups in total. The van der Waals surface area contributed by atoms with Crippen molar-refractivity contribution >= 4 is 21.6 Å². The van der Waals surface area contributed by atoms with Crippen molar-refractivity contribution in [3.8, 4) is 0 Å². The minimum absolute atomic E-state index is 0.00745. The molecule has 4 heteroatoms. The first kappa shape index (κ1) is 15.0. The molecule has 0 heterocycles. The molecule has 0 radical (unpaired) electrons. The van der Waals surface area contributed by atoms with Crippen LogP contribution in [0.5, 0.6) is 0 Å². The number of anilines is 1. The number of benzene rings is 2. The van der Waals surface area contributed by atoms with Crippen LogP contribution in [0.2, 0.25) is 0 Å². The molecule has 0 saturated heterocycles. The van der Waals surface area contributed by atoms with E-state index in [1.165, 1.54) is 6.07 Å². The van der Waals surface area contributed by atoms with Crippen LogP contribution in [0.1, 0.15) is 24.1 Å². The zero-order valence-electron chi connectivity index (χ0n) is 11.6. The van der Waals surface area contributed by atoms with Crippen molar-refractivity contribution in [3.05, 3.63) is 63.9 Å². The van der Waals surface area contributed by atoms with E-state index in [2.05, 4.69) is 20.8 Å². The molecule has 2 rings (SSSR count). The molecule has 0 unspecified atom stereocenters. The van der Waals surface area contributed by atoms with E-state index in [1.54, 1.807) is 12.1 Å². The number of halogens is 2. The molecule has 0 saturated carbocycles. The summed E-state index contributed by atoms with van der Waals surface area (Å²) in [5, 5.41) is 0. The number of nitrogens with zero attached hydrogens (tertiary/aromatic N) is 1. The van der Waals surface area contributed by atoms with Crippen LogP contribution >= 0.6 is 15.9 Å². The van der Waals surface area contributed by atoms with Gasteiger partial charge in [-0.05, 0) is 42.3 Å². The van der Waals surface area contributed by atoms with Gasteiger partial charge in [0.1, 0.15) is 5.82 Å². The highest BCUT2D eigenvalue weighted by Crippen LogP contribution is 2.27. The molecular formula is C16H18BrFN2. The fourth-order valence-electron chi connectivity index (χ4n) is 2.12. The Morgan fingerprint density at radius 1 is 1.25 bits per heavy atom. The molecule has 0 aliphatic rings. The molecular weight excluding hydrogens is 319 g/mol. The van der Waals surface area contributed by atoms with Gasteiger partial charge in [0.15, 0.2) is 0 Å². The van der Waals surface area contributed by atoms with E-state index < -0.39 is 0 Å². The lowest BCUT2D eigenvalue weighted by Gasteiger charge is -2.21. The number of nitrogens with two attached hydrogens (primary N) is 1. The number of hydrogen-bond donors (Lipinski definition) is 1.